The molecule has 4 aromatic rings. The Labute approximate surface area is 262 Å². The van der Waals surface area contributed by atoms with E-state index in [1.54, 1.807) is 73.7 Å². The van der Waals surface area contributed by atoms with E-state index in [1.807, 2.05) is 47.4 Å². The second-order valence-electron chi connectivity index (χ2n) is 10.7. The number of ether oxygens (including phenoxy) is 1. The van der Waals surface area contributed by atoms with Crippen molar-refractivity contribution in [1.29, 1.82) is 0 Å². The lowest BCUT2D eigenvalue weighted by Crippen LogP contribution is -2.36. The minimum absolute atomic E-state index is 0.0337. The van der Waals surface area contributed by atoms with E-state index >= 15 is 0 Å². The van der Waals surface area contributed by atoms with E-state index in [0.29, 0.717) is 65.9 Å². The summed E-state index contributed by atoms with van der Waals surface area (Å²) in [5.41, 5.74) is 3.83. The van der Waals surface area contributed by atoms with Crippen molar-refractivity contribution in [2.75, 3.05) is 50.6 Å². The van der Waals surface area contributed by atoms with Crippen LogP contribution in [0, 0.1) is 0 Å². The molecular weight excluding hydrogens is 576 g/mol. The summed E-state index contributed by atoms with van der Waals surface area (Å²) in [4.78, 5) is 45.9. The van der Waals surface area contributed by atoms with Crippen LogP contribution in [0.25, 0.3) is 0 Å². The third-order valence-electron chi connectivity index (χ3n) is 7.66. The minimum atomic E-state index is -0.298. The lowest BCUT2D eigenvalue weighted by atomic mass is 10.1. The average molecular weight is 611 g/mol. The molecule has 0 aromatic heterocycles. The maximum Gasteiger partial charge on any atom is 0.256 e. The van der Waals surface area contributed by atoms with E-state index in [9.17, 15) is 14.4 Å². The van der Waals surface area contributed by atoms with Gasteiger partial charge in [-0.25, -0.2) is 0 Å². The molecule has 0 spiro atoms. The van der Waals surface area contributed by atoms with Gasteiger partial charge in [0.05, 0.1) is 12.7 Å². The zero-order chi connectivity index (χ0) is 31.1. The van der Waals surface area contributed by atoms with Crippen molar-refractivity contribution in [2.24, 2.45) is 0 Å². The van der Waals surface area contributed by atoms with Crippen molar-refractivity contribution in [1.82, 2.24) is 9.80 Å². The van der Waals surface area contributed by atoms with Crippen LogP contribution in [0.3, 0.4) is 0 Å². The first kappa shape index (κ1) is 30.6. The lowest BCUT2D eigenvalue weighted by molar-refractivity contribution is 0.0763. The molecule has 0 unspecified atom stereocenters. The highest BCUT2D eigenvalue weighted by atomic mass is 35.5. The molecule has 0 saturated carbocycles. The fourth-order valence-electron chi connectivity index (χ4n) is 5.28. The number of hydrogen-bond acceptors (Lipinski definition) is 5. The zero-order valence-corrected chi connectivity index (χ0v) is 25.6. The van der Waals surface area contributed by atoms with Crippen LogP contribution >= 0.6 is 11.6 Å². The van der Waals surface area contributed by atoms with Gasteiger partial charge < -0.3 is 24.8 Å². The molecule has 226 valence electrons. The molecule has 1 heterocycles. The van der Waals surface area contributed by atoms with Crippen LogP contribution < -0.4 is 15.0 Å². The minimum Gasteiger partial charge on any atom is -0.497 e. The van der Waals surface area contributed by atoms with Crippen LogP contribution in [-0.2, 0) is 6.54 Å². The van der Waals surface area contributed by atoms with Gasteiger partial charge in [-0.3, -0.25) is 14.4 Å². The summed E-state index contributed by atoms with van der Waals surface area (Å²) in [6, 6.07) is 29.0. The van der Waals surface area contributed by atoms with Crippen molar-refractivity contribution in [3.05, 3.63) is 124 Å². The van der Waals surface area contributed by atoms with Gasteiger partial charge in [0.1, 0.15) is 5.75 Å². The summed E-state index contributed by atoms with van der Waals surface area (Å²) in [5.74, 6) is 0.203. The molecule has 9 heteroatoms. The fraction of sp³-hybridized carbons (Fsp3) is 0.229. The molecule has 1 aliphatic heterocycles. The number of amides is 3. The highest BCUT2D eigenvalue weighted by Gasteiger charge is 2.25. The first-order valence-electron chi connectivity index (χ1n) is 14.5. The smallest absolute Gasteiger partial charge is 0.256 e. The Morgan fingerprint density at radius 2 is 1.55 bits per heavy atom. The van der Waals surface area contributed by atoms with Crippen LogP contribution in [0.15, 0.2) is 97.1 Å². The van der Waals surface area contributed by atoms with Crippen LogP contribution in [0.1, 0.15) is 43.1 Å². The van der Waals surface area contributed by atoms with Crippen LogP contribution in [0.5, 0.6) is 5.75 Å². The van der Waals surface area contributed by atoms with E-state index in [4.69, 9.17) is 16.3 Å². The van der Waals surface area contributed by atoms with Crippen LogP contribution in [0.2, 0.25) is 5.02 Å². The van der Waals surface area contributed by atoms with Gasteiger partial charge in [-0.05, 0) is 78.7 Å². The maximum absolute atomic E-state index is 14.0. The normalized spacial score (nSPS) is 13.2. The highest BCUT2D eigenvalue weighted by Crippen LogP contribution is 2.28. The molecule has 3 amide bonds. The Morgan fingerprint density at radius 1 is 0.841 bits per heavy atom. The molecule has 1 aliphatic rings. The topological polar surface area (TPSA) is 82.2 Å². The molecule has 1 fully saturated rings. The number of rotatable bonds is 8. The van der Waals surface area contributed by atoms with Gasteiger partial charge in [-0.1, -0.05) is 41.9 Å². The number of benzene rings is 4. The number of halogens is 1. The number of methoxy groups -OCH3 is 1. The summed E-state index contributed by atoms with van der Waals surface area (Å²) in [6.45, 7) is 2.78. The number of nitrogens with zero attached hydrogens (tertiary/aromatic N) is 3. The molecule has 4 aromatic carbocycles. The van der Waals surface area contributed by atoms with Crippen molar-refractivity contribution < 1.29 is 19.1 Å². The summed E-state index contributed by atoms with van der Waals surface area (Å²) in [7, 11) is 3.37. The molecule has 1 saturated heterocycles. The van der Waals surface area contributed by atoms with E-state index in [1.165, 1.54) is 0 Å². The predicted octanol–water partition coefficient (Wildman–Crippen LogP) is 6.23. The monoisotopic (exact) mass is 610 g/mol. The second-order valence-corrected chi connectivity index (χ2v) is 11.1. The summed E-state index contributed by atoms with van der Waals surface area (Å²) < 4.78 is 5.22. The molecular formula is C35H35ClN4O4. The van der Waals surface area contributed by atoms with Gasteiger partial charge in [-0.2, -0.15) is 0 Å². The number of carbonyl (C=O) groups is 3. The Kier molecular flexibility index (Phi) is 9.82. The molecule has 0 bridgehead atoms. The number of carbonyl (C=O) groups excluding carboxylic acids is 3. The van der Waals surface area contributed by atoms with Gasteiger partial charge >= 0.3 is 0 Å². The first-order chi connectivity index (χ1) is 21.3. The van der Waals surface area contributed by atoms with Crippen LogP contribution in [-0.4, -0.2) is 67.9 Å². The van der Waals surface area contributed by atoms with Gasteiger partial charge in [0, 0.05) is 67.3 Å². The molecule has 8 nitrogen and oxygen atoms in total. The first-order valence-corrected chi connectivity index (χ1v) is 14.9. The Bertz CT molecular complexity index is 1610. The van der Waals surface area contributed by atoms with E-state index in [-0.39, 0.29) is 17.7 Å². The van der Waals surface area contributed by atoms with Gasteiger partial charge in [0.15, 0.2) is 0 Å². The predicted molar refractivity (Wildman–Crippen MR) is 174 cm³/mol. The summed E-state index contributed by atoms with van der Waals surface area (Å²) in [5, 5.41) is 3.46. The number of hydrogen-bond donors (Lipinski definition) is 1. The van der Waals surface area contributed by atoms with E-state index in [2.05, 4.69) is 10.2 Å². The molecule has 0 radical (unpaired) electrons. The van der Waals surface area contributed by atoms with Crippen molar-refractivity contribution in [3.63, 3.8) is 0 Å². The fourth-order valence-corrected chi connectivity index (χ4v) is 5.40. The van der Waals surface area contributed by atoms with Gasteiger partial charge in [-0.15, -0.1) is 0 Å². The third kappa shape index (κ3) is 7.38. The highest BCUT2D eigenvalue weighted by molar-refractivity contribution is 6.30. The quantitative estimate of drug-likeness (QED) is 0.256. The van der Waals surface area contributed by atoms with Crippen molar-refractivity contribution in [3.8, 4) is 5.75 Å². The summed E-state index contributed by atoms with van der Waals surface area (Å²) in [6.07, 6.45) is 0.741. The molecule has 0 atom stereocenters. The average Bonchev–Trinajstić information content (AvgIpc) is 3.31. The number of nitrogens with one attached hydrogen (secondary N) is 1. The van der Waals surface area contributed by atoms with Crippen LogP contribution in [0.4, 0.5) is 11.4 Å². The molecule has 44 heavy (non-hydrogen) atoms. The SMILES string of the molecule is COc1ccc(C(=O)N2CCCN(c3ccc(NC(=O)c4ccc(Cl)cc4)cc3C(=O)N(C)Cc3ccccc3)CC2)cc1. The van der Waals surface area contributed by atoms with E-state index < -0.39 is 0 Å². The Hall–Kier alpha value is -4.82. The Balaban J connectivity index is 1.38. The summed E-state index contributed by atoms with van der Waals surface area (Å²) >= 11 is 5.99. The Morgan fingerprint density at radius 3 is 2.25 bits per heavy atom. The van der Waals surface area contributed by atoms with E-state index in [0.717, 1.165) is 17.7 Å². The zero-order valence-electron chi connectivity index (χ0n) is 24.8. The molecule has 5 rings (SSSR count). The van der Waals surface area contributed by atoms with Gasteiger partial charge in [0.25, 0.3) is 17.7 Å². The van der Waals surface area contributed by atoms with Crippen molar-refractivity contribution in [2.45, 2.75) is 13.0 Å². The van der Waals surface area contributed by atoms with Crippen molar-refractivity contribution >= 4 is 40.7 Å². The molecule has 0 aliphatic carbocycles. The van der Waals surface area contributed by atoms with Gasteiger partial charge in [0.2, 0.25) is 0 Å². The number of anilines is 2. The standard InChI is InChI=1S/C35H35ClN4O4/c1-38(24-25-7-4-3-5-8-25)35(43)31-23-29(37-33(41)26-9-13-28(36)14-10-26)15-18-32(31)39-19-6-20-40(22-21-39)34(42)27-11-16-30(44-2)17-12-27/h3-5,7-18,23H,6,19-22,24H2,1-2H3,(H,37,41). The maximum atomic E-state index is 14.0. The third-order valence-corrected chi connectivity index (χ3v) is 7.91. The largest absolute Gasteiger partial charge is 0.497 e. The second kappa shape index (κ2) is 14.1. The molecule has 1 N–H and O–H groups in total. The lowest BCUT2D eigenvalue weighted by Gasteiger charge is -2.28.